The molecular formula is C8H10BF3NO-. The molecule has 1 aromatic carbocycles. The number of halogens is 3. The highest BCUT2D eigenvalue weighted by Gasteiger charge is 2.25. The molecule has 0 amide bonds. The van der Waals surface area contributed by atoms with Crippen LogP contribution >= 0.6 is 0 Å². The minimum absolute atomic E-state index is 0.0379. The Morgan fingerprint density at radius 2 is 2.00 bits per heavy atom. The van der Waals surface area contributed by atoms with Crippen LogP contribution in [0.5, 0.6) is 5.75 Å². The Hall–Kier alpha value is -1.33. The predicted molar refractivity (Wildman–Crippen MR) is 50.5 cm³/mol. The summed E-state index contributed by atoms with van der Waals surface area (Å²) in [7, 11) is 1.34. The lowest BCUT2D eigenvalue weighted by atomic mass is 9.91. The number of phenolic OH excluding ortho intramolecular Hbond substituents is 1. The molecular weight excluding hydrogens is 194 g/mol. The van der Waals surface area contributed by atoms with Gasteiger partial charge in [0.1, 0.15) is 5.75 Å². The van der Waals surface area contributed by atoms with E-state index in [-0.39, 0.29) is 5.75 Å². The Labute approximate surface area is 80.0 Å². The maximum absolute atomic E-state index is 12.1. The van der Waals surface area contributed by atoms with Crippen LogP contribution in [0.4, 0.5) is 18.6 Å². The average molecular weight is 204 g/mol. The number of aromatic hydroxyl groups is 1. The van der Waals surface area contributed by atoms with Gasteiger partial charge in [0.05, 0.1) is 0 Å². The second-order valence-electron chi connectivity index (χ2n) is 3.11. The van der Waals surface area contributed by atoms with Gasteiger partial charge in [0.2, 0.25) is 0 Å². The molecule has 0 aliphatic heterocycles. The highest BCUT2D eigenvalue weighted by Crippen LogP contribution is 2.21. The maximum atomic E-state index is 12.1. The van der Waals surface area contributed by atoms with Crippen LogP contribution in [0.1, 0.15) is 0 Å². The monoisotopic (exact) mass is 204 g/mol. The molecule has 1 N–H and O–H groups in total. The van der Waals surface area contributed by atoms with Crippen LogP contribution in [0.15, 0.2) is 24.3 Å². The minimum Gasteiger partial charge on any atom is -0.508 e. The fourth-order valence-corrected chi connectivity index (χ4v) is 1.15. The minimum atomic E-state index is -4.84. The van der Waals surface area contributed by atoms with Gasteiger partial charge >= 0.3 is 6.98 Å². The number of hydrogen-bond acceptors (Lipinski definition) is 2. The van der Waals surface area contributed by atoms with Crippen LogP contribution in [-0.2, 0) is 0 Å². The lowest BCUT2D eigenvalue weighted by Gasteiger charge is -2.25. The van der Waals surface area contributed by atoms with Crippen molar-refractivity contribution in [1.29, 1.82) is 0 Å². The lowest BCUT2D eigenvalue weighted by Crippen LogP contribution is -2.35. The van der Waals surface area contributed by atoms with Gasteiger partial charge in [0, 0.05) is 18.8 Å². The second-order valence-corrected chi connectivity index (χ2v) is 3.11. The molecule has 0 aromatic heterocycles. The van der Waals surface area contributed by atoms with Crippen molar-refractivity contribution in [3.63, 3.8) is 0 Å². The Bertz CT molecular complexity index is 316. The highest BCUT2D eigenvalue weighted by molar-refractivity contribution is 6.59. The van der Waals surface area contributed by atoms with E-state index in [0.717, 1.165) is 4.90 Å². The Balaban J connectivity index is 2.74. The van der Waals surface area contributed by atoms with Crippen molar-refractivity contribution in [2.75, 3.05) is 18.4 Å². The molecule has 0 atom stereocenters. The van der Waals surface area contributed by atoms with Crippen molar-refractivity contribution in [3.8, 4) is 5.75 Å². The molecule has 0 fully saturated rings. The second kappa shape index (κ2) is 3.81. The Morgan fingerprint density at radius 3 is 2.50 bits per heavy atom. The summed E-state index contributed by atoms with van der Waals surface area (Å²) in [6, 6.07) is 5.73. The summed E-state index contributed by atoms with van der Waals surface area (Å²) >= 11 is 0. The van der Waals surface area contributed by atoms with Crippen molar-refractivity contribution in [1.82, 2.24) is 0 Å². The van der Waals surface area contributed by atoms with E-state index < -0.39 is 13.4 Å². The van der Waals surface area contributed by atoms with Crippen molar-refractivity contribution in [2.45, 2.75) is 0 Å². The molecule has 6 heteroatoms. The first-order valence-electron chi connectivity index (χ1n) is 4.09. The summed E-state index contributed by atoms with van der Waals surface area (Å²) in [5, 5.41) is 9.06. The largest absolute Gasteiger partial charge is 0.508 e. The van der Waals surface area contributed by atoms with Gasteiger partial charge < -0.3 is 23.0 Å². The van der Waals surface area contributed by atoms with Gasteiger partial charge in [-0.15, -0.1) is 0 Å². The number of nitrogens with zero attached hydrogens (tertiary/aromatic N) is 1. The normalized spacial score (nSPS) is 11.4. The first kappa shape index (κ1) is 10.8. The number of rotatable bonds is 3. The Kier molecular flexibility index (Phi) is 2.93. The fraction of sp³-hybridized carbons (Fsp3) is 0.250. The summed E-state index contributed by atoms with van der Waals surface area (Å²) in [6.45, 7) is -4.84. The molecule has 0 saturated carbocycles. The van der Waals surface area contributed by atoms with Gasteiger partial charge in [0.25, 0.3) is 0 Å². The van der Waals surface area contributed by atoms with Crippen molar-refractivity contribution in [3.05, 3.63) is 24.3 Å². The molecule has 1 rings (SSSR count). The van der Waals surface area contributed by atoms with E-state index in [1.807, 2.05) is 0 Å². The quantitative estimate of drug-likeness (QED) is 0.763. The summed E-state index contributed by atoms with van der Waals surface area (Å²) in [4.78, 5) is 1.06. The SMILES string of the molecule is CN(C[B-](F)(F)F)c1cccc(O)c1. The van der Waals surface area contributed by atoms with E-state index in [1.165, 1.54) is 31.3 Å². The summed E-state index contributed by atoms with van der Waals surface area (Å²) in [5.74, 6) is -0.0379. The van der Waals surface area contributed by atoms with Crippen molar-refractivity contribution in [2.24, 2.45) is 0 Å². The first-order chi connectivity index (χ1) is 6.38. The number of hydrogen-bond donors (Lipinski definition) is 1. The molecule has 0 aliphatic carbocycles. The zero-order valence-corrected chi connectivity index (χ0v) is 7.62. The van der Waals surface area contributed by atoms with E-state index in [4.69, 9.17) is 5.11 Å². The lowest BCUT2D eigenvalue weighted by molar-refractivity contribution is 0.467. The van der Waals surface area contributed by atoms with Crippen LogP contribution < -0.4 is 4.90 Å². The van der Waals surface area contributed by atoms with Crippen LogP contribution in [-0.4, -0.2) is 25.6 Å². The number of anilines is 1. The van der Waals surface area contributed by atoms with Crippen molar-refractivity contribution >= 4 is 12.7 Å². The number of benzene rings is 1. The van der Waals surface area contributed by atoms with E-state index in [0.29, 0.717) is 5.69 Å². The third kappa shape index (κ3) is 3.20. The molecule has 0 radical (unpaired) electrons. The van der Waals surface area contributed by atoms with E-state index in [1.54, 1.807) is 0 Å². The number of phenols is 1. The molecule has 78 valence electrons. The molecule has 0 heterocycles. The van der Waals surface area contributed by atoms with Gasteiger partial charge in [-0.3, -0.25) is 0 Å². The summed E-state index contributed by atoms with van der Waals surface area (Å²) < 4.78 is 36.2. The molecule has 0 unspecified atom stereocenters. The molecule has 14 heavy (non-hydrogen) atoms. The molecule has 0 aliphatic rings. The Morgan fingerprint density at radius 1 is 1.36 bits per heavy atom. The highest BCUT2D eigenvalue weighted by atomic mass is 19.4. The van der Waals surface area contributed by atoms with Gasteiger partial charge in [-0.25, -0.2) is 0 Å². The van der Waals surface area contributed by atoms with Gasteiger partial charge in [-0.05, 0) is 18.6 Å². The van der Waals surface area contributed by atoms with Crippen LogP contribution in [0.3, 0.4) is 0 Å². The molecule has 0 saturated heterocycles. The van der Waals surface area contributed by atoms with Gasteiger partial charge in [-0.1, -0.05) is 6.07 Å². The fourth-order valence-electron chi connectivity index (χ4n) is 1.15. The predicted octanol–water partition coefficient (Wildman–Crippen LogP) is 2.21. The average Bonchev–Trinajstić information content (AvgIpc) is 2.01. The molecule has 0 bridgehead atoms. The maximum Gasteiger partial charge on any atom is 0.497 e. The van der Waals surface area contributed by atoms with Crippen LogP contribution in [0.2, 0.25) is 0 Å². The van der Waals surface area contributed by atoms with Crippen LogP contribution in [0, 0.1) is 0 Å². The summed E-state index contributed by atoms with van der Waals surface area (Å²) in [6.07, 6.45) is -0.969. The molecule has 0 spiro atoms. The van der Waals surface area contributed by atoms with Gasteiger partial charge in [-0.2, -0.15) is 0 Å². The topological polar surface area (TPSA) is 23.5 Å². The molecule has 2 nitrogen and oxygen atoms in total. The zero-order chi connectivity index (χ0) is 10.8. The van der Waals surface area contributed by atoms with Crippen molar-refractivity contribution < 1.29 is 18.1 Å². The standard InChI is InChI=1S/C8H10BF3NO/c1-13(6-9(10,11)12)7-3-2-4-8(14)5-7/h2-5,14H,6H2,1H3/q-1. The first-order valence-corrected chi connectivity index (χ1v) is 4.09. The smallest absolute Gasteiger partial charge is 0.497 e. The zero-order valence-electron chi connectivity index (χ0n) is 7.62. The van der Waals surface area contributed by atoms with Crippen LogP contribution in [0.25, 0.3) is 0 Å². The van der Waals surface area contributed by atoms with E-state index in [9.17, 15) is 12.9 Å². The van der Waals surface area contributed by atoms with E-state index in [2.05, 4.69) is 0 Å². The van der Waals surface area contributed by atoms with Gasteiger partial charge in [0.15, 0.2) is 0 Å². The third-order valence-corrected chi connectivity index (χ3v) is 1.75. The molecule has 1 aromatic rings. The van der Waals surface area contributed by atoms with E-state index >= 15 is 0 Å². The summed E-state index contributed by atoms with van der Waals surface area (Å²) in [5.41, 5.74) is 0.351. The third-order valence-electron chi connectivity index (χ3n) is 1.75.